The first-order valence-electron chi connectivity index (χ1n) is 6.95. The maximum atomic E-state index is 12.5. The fourth-order valence-corrected chi connectivity index (χ4v) is 3.14. The zero-order valence-electron chi connectivity index (χ0n) is 12.4. The molecule has 5 nitrogen and oxygen atoms in total. The van der Waals surface area contributed by atoms with E-state index in [-0.39, 0.29) is 22.0 Å². The van der Waals surface area contributed by atoms with E-state index in [1.807, 2.05) is 0 Å². The fourth-order valence-electron chi connectivity index (χ4n) is 2.25. The van der Waals surface area contributed by atoms with Gasteiger partial charge >= 0.3 is 0 Å². The Bertz CT molecular complexity index is 1050. The van der Waals surface area contributed by atoms with E-state index in [0.717, 1.165) is 4.57 Å². The number of nitrogens with zero attached hydrogens (tertiary/aromatic N) is 2. The molecule has 1 aromatic heterocycles. The number of anilines is 1. The molecule has 1 N–H and O–H groups in total. The summed E-state index contributed by atoms with van der Waals surface area (Å²) in [7, 11) is 0. The summed E-state index contributed by atoms with van der Waals surface area (Å²) in [6.07, 6.45) is 1.25. The summed E-state index contributed by atoms with van der Waals surface area (Å²) in [6.45, 7) is -0.255. The van der Waals surface area contributed by atoms with E-state index in [2.05, 4.69) is 10.3 Å². The van der Waals surface area contributed by atoms with Crippen LogP contribution in [0, 0.1) is 0 Å². The van der Waals surface area contributed by atoms with Crippen molar-refractivity contribution in [2.24, 2.45) is 0 Å². The van der Waals surface area contributed by atoms with E-state index < -0.39 is 11.5 Å². The Labute approximate surface area is 162 Å². The van der Waals surface area contributed by atoms with Crippen LogP contribution in [0.4, 0.5) is 5.69 Å². The Morgan fingerprint density at radius 3 is 2.64 bits per heavy atom. The van der Waals surface area contributed by atoms with E-state index in [4.69, 9.17) is 46.4 Å². The van der Waals surface area contributed by atoms with Crippen LogP contribution in [0.3, 0.4) is 0 Å². The molecule has 0 aliphatic rings. The van der Waals surface area contributed by atoms with Crippen LogP contribution in [0.2, 0.25) is 20.1 Å². The zero-order chi connectivity index (χ0) is 18.1. The second-order valence-electron chi connectivity index (χ2n) is 5.11. The van der Waals surface area contributed by atoms with Crippen LogP contribution < -0.4 is 10.9 Å². The van der Waals surface area contributed by atoms with Crippen molar-refractivity contribution in [3.8, 4) is 0 Å². The van der Waals surface area contributed by atoms with E-state index in [9.17, 15) is 9.59 Å². The van der Waals surface area contributed by atoms with E-state index in [1.54, 1.807) is 18.2 Å². The summed E-state index contributed by atoms with van der Waals surface area (Å²) in [6, 6.07) is 7.81. The summed E-state index contributed by atoms with van der Waals surface area (Å²) < 4.78 is 1.16. The molecule has 0 fully saturated rings. The number of carbonyl (C=O) groups is 1. The molecule has 3 aromatic rings. The van der Waals surface area contributed by atoms with Crippen LogP contribution >= 0.6 is 46.4 Å². The van der Waals surface area contributed by atoms with Crippen LogP contribution in [0.1, 0.15) is 0 Å². The highest BCUT2D eigenvalue weighted by Crippen LogP contribution is 2.29. The van der Waals surface area contributed by atoms with Crippen LogP contribution in [0.25, 0.3) is 10.9 Å². The number of amides is 1. The second-order valence-corrected chi connectivity index (χ2v) is 6.74. The van der Waals surface area contributed by atoms with Crippen molar-refractivity contribution in [2.75, 3.05) is 5.32 Å². The van der Waals surface area contributed by atoms with E-state index in [1.165, 1.54) is 18.5 Å². The molecule has 0 atom stereocenters. The maximum Gasteiger partial charge on any atom is 0.261 e. The van der Waals surface area contributed by atoms with Gasteiger partial charge in [-0.15, -0.1) is 0 Å². The standard InChI is InChI=1S/C16H9Cl4N3O2/c17-8-4-9-15(11(19)5-8)21-7-23(16(9)25)6-13(24)22-12-3-1-2-10(18)14(12)20/h1-5,7H,6H2,(H,22,24). The molecule has 0 spiro atoms. The number of benzene rings is 2. The number of carbonyl (C=O) groups excluding carboxylic acids is 1. The van der Waals surface area contributed by atoms with Gasteiger partial charge in [-0.3, -0.25) is 14.2 Å². The number of aromatic nitrogens is 2. The lowest BCUT2D eigenvalue weighted by Crippen LogP contribution is -2.28. The maximum absolute atomic E-state index is 12.5. The first kappa shape index (κ1) is 18.0. The Hall–Kier alpha value is -1.79. The van der Waals surface area contributed by atoms with Crippen LogP contribution in [0.15, 0.2) is 41.5 Å². The van der Waals surface area contributed by atoms with Crippen molar-refractivity contribution in [1.29, 1.82) is 0 Å². The fraction of sp³-hybridized carbons (Fsp3) is 0.0625. The van der Waals surface area contributed by atoms with Gasteiger partial charge in [-0.25, -0.2) is 4.98 Å². The SMILES string of the molecule is O=C(Cn1cnc2c(Cl)cc(Cl)cc2c1=O)Nc1cccc(Cl)c1Cl. The number of halogens is 4. The van der Waals surface area contributed by atoms with Gasteiger partial charge in [-0.05, 0) is 24.3 Å². The van der Waals surface area contributed by atoms with E-state index >= 15 is 0 Å². The highest BCUT2D eigenvalue weighted by Gasteiger charge is 2.13. The average Bonchev–Trinajstić information content (AvgIpc) is 2.55. The quantitative estimate of drug-likeness (QED) is 0.675. The molecule has 0 aliphatic carbocycles. The van der Waals surface area contributed by atoms with Crippen molar-refractivity contribution in [3.05, 3.63) is 67.1 Å². The predicted octanol–water partition coefficient (Wildman–Crippen LogP) is 4.65. The van der Waals surface area contributed by atoms with Gasteiger partial charge < -0.3 is 5.32 Å². The zero-order valence-corrected chi connectivity index (χ0v) is 15.4. The highest BCUT2D eigenvalue weighted by molar-refractivity contribution is 6.44. The molecule has 128 valence electrons. The van der Waals surface area contributed by atoms with Crippen molar-refractivity contribution in [3.63, 3.8) is 0 Å². The van der Waals surface area contributed by atoms with Gasteiger partial charge in [0.2, 0.25) is 5.91 Å². The van der Waals surface area contributed by atoms with Gasteiger partial charge in [-0.1, -0.05) is 52.5 Å². The molecule has 2 aromatic carbocycles. The first-order chi connectivity index (χ1) is 11.9. The molecule has 1 amide bonds. The largest absolute Gasteiger partial charge is 0.323 e. The molecule has 3 rings (SSSR count). The molecule has 9 heteroatoms. The summed E-state index contributed by atoms with van der Waals surface area (Å²) in [5, 5.41) is 3.94. The third kappa shape index (κ3) is 3.75. The van der Waals surface area contributed by atoms with Crippen LogP contribution in [0.5, 0.6) is 0 Å². The van der Waals surface area contributed by atoms with Crippen molar-refractivity contribution < 1.29 is 4.79 Å². The van der Waals surface area contributed by atoms with Gasteiger partial charge in [0.15, 0.2) is 0 Å². The summed E-state index contributed by atoms with van der Waals surface area (Å²) in [5.41, 5.74) is 0.249. The minimum absolute atomic E-state index is 0.222. The van der Waals surface area contributed by atoms with Gasteiger partial charge in [0.1, 0.15) is 6.54 Å². The lowest BCUT2D eigenvalue weighted by atomic mass is 10.2. The smallest absolute Gasteiger partial charge is 0.261 e. The monoisotopic (exact) mass is 415 g/mol. The minimum Gasteiger partial charge on any atom is -0.323 e. The van der Waals surface area contributed by atoms with Gasteiger partial charge in [0.25, 0.3) is 5.56 Å². The Morgan fingerprint density at radius 2 is 1.88 bits per heavy atom. The number of rotatable bonds is 3. The molecule has 0 unspecified atom stereocenters. The number of hydrogen-bond donors (Lipinski definition) is 1. The van der Waals surface area contributed by atoms with Crippen LogP contribution in [-0.2, 0) is 11.3 Å². The molecule has 0 bridgehead atoms. The lowest BCUT2D eigenvalue weighted by molar-refractivity contribution is -0.116. The second kappa shape index (κ2) is 7.22. The number of hydrogen-bond acceptors (Lipinski definition) is 3. The normalized spacial score (nSPS) is 10.9. The van der Waals surface area contributed by atoms with Gasteiger partial charge in [0.05, 0.1) is 38.0 Å². The van der Waals surface area contributed by atoms with Crippen molar-refractivity contribution >= 4 is 68.9 Å². The molecule has 0 radical (unpaired) electrons. The minimum atomic E-state index is -0.458. The summed E-state index contributed by atoms with van der Waals surface area (Å²) >= 11 is 23.9. The Morgan fingerprint density at radius 1 is 1.12 bits per heavy atom. The predicted molar refractivity (Wildman–Crippen MR) is 101 cm³/mol. The third-order valence-corrected chi connectivity index (χ3v) is 4.71. The Kier molecular flexibility index (Phi) is 5.20. The topological polar surface area (TPSA) is 64.0 Å². The highest BCUT2D eigenvalue weighted by atomic mass is 35.5. The average molecular weight is 417 g/mol. The third-order valence-electron chi connectivity index (χ3n) is 3.39. The molecule has 0 aliphatic heterocycles. The van der Waals surface area contributed by atoms with Crippen molar-refractivity contribution in [2.45, 2.75) is 6.54 Å². The summed E-state index contributed by atoms with van der Waals surface area (Å²) in [4.78, 5) is 28.9. The molecule has 0 saturated carbocycles. The number of fused-ring (bicyclic) bond motifs is 1. The molecular weight excluding hydrogens is 408 g/mol. The first-order valence-corrected chi connectivity index (χ1v) is 8.46. The van der Waals surface area contributed by atoms with Crippen molar-refractivity contribution in [1.82, 2.24) is 9.55 Å². The Balaban J connectivity index is 1.90. The van der Waals surface area contributed by atoms with E-state index in [0.29, 0.717) is 21.2 Å². The van der Waals surface area contributed by atoms with Gasteiger partial charge in [-0.2, -0.15) is 0 Å². The lowest BCUT2D eigenvalue weighted by Gasteiger charge is -2.10. The number of nitrogens with one attached hydrogen (secondary N) is 1. The molecule has 1 heterocycles. The van der Waals surface area contributed by atoms with Gasteiger partial charge in [0, 0.05) is 5.02 Å². The van der Waals surface area contributed by atoms with Crippen LogP contribution in [-0.4, -0.2) is 15.5 Å². The molecule has 25 heavy (non-hydrogen) atoms. The summed E-state index contributed by atoms with van der Waals surface area (Å²) in [5.74, 6) is -0.458. The molecular formula is C16H9Cl4N3O2. The molecule has 0 saturated heterocycles.